The van der Waals surface area contributed by atoms with E-state index >= 15 is 0 Å². The first-order chi connectivity index (χ1) is 15.8. The molecule has 5 heteroatoms. The second kappa shape index (κ2) is 9.02. The SMILES string of the molecule is C[C@H]1CCC2C3CCC4CC(=NOCCc5cnc(CN(C)C)o5)CC[C@]4(C)C3CC[C@@]21C. The van der Waals surface area contributed by atoms with E-state index in [2.05, 4.69) is 35.8 Å². The molecular formula is C28H45N3O2. The van der Waals surface area contributed by atoms with Gasteiger partial charge in [0.2, 0.25) is 5.89 Å². The Bertz CT molecular complexity index is 863. The summed E-state index contributed by atoms with van der Waals surface area (Å²) in [7, 11) is 4.04. The third-order valence-corrected chi connectivity index (χ3v) is 10.7. The Kier molecular flexibility index (Phi) is 6.39. The Labute approximate surface area is 200 Å². The molecule has 7 atom stereocenters. The highest BCUT2D eigenvalue weighted by molar-refractivity contribution is 5.85. The second-order valence-electron chi connectivity index (χ2n) is 12.6. The van der Waals surface area contributed by atoms with Crippen LogP contribution in [0.25, 0.3) is 0 Å². The maximum Gasteiger partial charge on any atom is 0.208 e. The highest BCUT2D eigenvalue weighted by atomic mass is 16.6. The molecule has 0 aliphatic heterocycles. The third kappa shape index (κ3) is 4.28. The van der Waals surface area contributed by atoms with E-state index in [0.29, 0.717) is 17.4 Å². The van der Waals surface area contributed by atoms with Crippen LogP contribution in [0.5, 0.6) is 0 Å². The zero-order chi connectivity index (χ0) is 23.2. The molecule has 4 aliphatic rings. The zero-order valence-corrected chi connectivity index (χ0v) is 21.6. The summed E-state index contributed by atoms with van der Waals surface area (Å²) in [5, 5.41) is 4.60. The molecule has 0 saturated heterocycles. The van der Waals surface area contributed by atoms with Crippen LogP contribution in [0.1, 0.15) is 90.2 Å². The first-order valence-corrected chi connectivity index (χ1v) is 13.6. The Morgan fingerprint density at radius 3 is 2.73 bits per heavy atom. The summed E-state index contributed by atoms with van der Waals surface area (Å²) in [4.78, 5) is 12.2. The van der Waals surface area contributed by atoms with Gasteiger partial charge in [0.15, 0.2) is 0 Å². The molecule has 0 amide bonds. The molecule has 4 saturated carbocycles. The summed E-state index contributed by atoms with van der Waals surface area (Å²) in [5.41, 5.74) is 2.42. The maximum absolute atomic E-state index is 5.78. The van der Waals surface area contributed by atoms with Crippen molar-refractivity contribution < 1.29 is 9.25 Å². The van der Waals surface area contributed by atoms with E-state index in [9.17, 15) is 0 Å². The van der Waals surface area contributed by atoms with E-state index in [1.54, 1.807) is 0 Å². The summed E-state index contributed by atoms with van der Waals surface area (Å²) in [6.07, 6.45) is 14.8. The van der Waals surface area contributed by atoms with Crippen molar-refractivity contribution in [3.05, 3.63) is 17.8 Å². The van der Waals surface area contributed by atoms with Crippen LogP contribution in [0.3, 0.4) is 0 Å². The van der Waals surface area contributed by atoms with Crippen molar-refractivity contribution in [2.24, 2.45) is 45.6 Å². The maximum atomic E-state index is 5.78. The topological polar surface area (TPSA) is 50.9 Å². The number of hydrogen-bond acceptors (Lipinski definition) is 5. The summed E-state index contributed by atoms with van der Waals surface area (Å²) < 4.78 is 5.78. The van der Waals surface area contributed by atoms with Crippen LogP contribution >= 0.6 is 0 Å². The number of nitrogens with zero attached hydrogens (tertiary/aromatic N) is 3. The smallest absolute Gasteiger partial charge is 0.208 e. The van der Waals surface area contributed by atoms with Crippen LogP contribution in [0.15, 0.2) is 15.8 Å². The third-order valence-electron chi connectivity index (χ3n) is 10.7. The monoisotopic (exact) mass is 455 g/mol. The molecule has 0 N–H and O–H groups in total. The lowest BCUT2D eigenvalue weighted by Crippen LogP contribution is -2.53. The van der Waals surface area contributed by atoms with Gasteiger partial charge in [-0.3, -0.25) is 0 Å². The van der Waals surface area contributed by atoms with Crippen LogP contribution < -0.4 is 0 Å². The minimum atomic E-state index is 0.512. The van der Waals surface area contributed by atoms with Gasteiger partial charge in [-0.15, -0.1) is 0 Å². The van der Waals surface area contributed by atoms with E-state index in [1.165, 1.54) is 50.7 Å². The Balaban J connectivity index is 1.15. The summed E-state index contributed by atoms with van der Waals surface area (Å²) in [5.74, 6) is 6.25. The fraction of sp³-hybridized carbons (Fsp3) is 0.857. The molecule has 0 aromatic carbocycles. The number of fused-ring (bicyclic) bond motifs is 5. The predicted molar refractivity (Wildman–Crippen MR) is 132 cm³/mol. The average molecular weight is 456 g/mol. The Morgan fingerprint density at radius 2 is 1.91 bits per heavy atom. The molecule has 4 fully saturated rings. The van der Waals surface area contributed by atoms with Crippen molar-refractivity contribution in [3.63, 3.8) is 0 Å². The zero-order valence-electron chi connectivity index (χ0n) is 21.6. The quantitative estimate of drug-likeness (QED) is 0.371. The molecular weight excluding hydrogens is 410 g/mol. The van der Waals surface area contributed by atoms with E-state index in [1.807, 2.05) is 20.3 Å². The van der Waals surface area contributed by atoms with E-state index in [-0.39, 0.29) is 0 Å². The Hall–Kier alpha value is -1.36. The van der Waals surface area contributed by atoms with Crippen molar-refractivity contribution in [1.29, 1.82) is 0 Å². The molecule has 184 valence electrons. The fourth-order valence-electron chi connectivity index (χ4n) is 8.50. The summed E-state index contributed by atoms with van der Waals surface area (Å²) >= 11 is 0. The molecule has 4 unspecified atom stereocenters. The van der Waals surface area contributed by atoms with Gasteiger partial charge in [0, 0.05) is 6.42 Å². The van der Waals surface area contributed by atoms with Gasteiger partial charge in [-0.05, 0) is 112 Å². The highest BCUT2D eigenvalue weighted by Gasteiger charge is 2.59. The molecule has 0 radical (unpaired) electrons. The molecule has 1 aromatic heterocycles. The molecule has 0 spiro atoms. The molecule has 0 bridgehead atoms. The van der Waals surface area contributed by atoms with Crippen LogP contribution in [-0.4, -0.2) is 36.3 Å². The van der Waals surface area contributed by atoms with Crippen LogP contribution in [0.4, 0.5) is 0 Å². The molecule has 4 aliphatic carbocycles. The number of oxazole rings is 1. The number of aromatic nitrogens is 1. The number of hydrogen-bond donors (Lipinski definition) is 0. The van der Waals surface area contributed by atoms with Crippen molar-refractivity contribution in [2.75, 3.05) is 20.7 Å². The van der Waals surface area contributed by atoms with Crippen molar-refractivity contribution in [3.8, 4) is 0 Å². The number of rotatable bonds is 6. The van der Waals surface area contributed by atoms with Gasteiger partial charge in [-0.25, -0.2) is 4.98 Å². The fourth-order valence-corrected chi connectivity index (χ4v) is 8.50. The lowest BCUT2D eigenvalue weighted by atomic mass is 9.45. The largest absolute Gasteiger partial charge is 0.444 e. The summed E-state index contributed by atoms with van der Waals surface area (Å²) in [6.45, 7) is 9.09. The van der Waals surface area contributed by atoms with Gasteiger partial charge in [0.25, 0.3) is 0 Å². The second-order valence-corrected chi connectivity index (χ2v) is 12.6. The first-order valence-electron chi connectivity index (χ1n) is 13.6. The number of oxime groups is 1. The van der Waals surface area contributed by atoms with Crippen molar-refractivity contribution in [1.82, 2.24) is 9.88 Å². The lowest BCUT2D eigenvalue weighted by Gasteiger charge is -2.60. The van der Waals surface area contributed by atoms with Crippen molar-refractivity contribution >= 4 is 5.71 Å². The first kappa shape index (κ1) is 23.4. The van der Waals surface area contributed by atoms with Gasteiger partial charge < -0.3 is 14.2 Å². The van der Waals surface area contributed by atoms with Crippen LogP contribution in [0.2, 0.25) is 0 Å². The highest BCUT2D eigenvalue weighted by Crippen LogP contribution is 2.67. The normalized spacial score (nSPS) is 41.6. The Morgan fingerprint density at radius 1 is 1.09 bits per heavy atom. The van der Waals surface area contributed by atoms with Gasteiger partial charge in [0.1, 0.15) is 12.4 Å². The van der Waals surface area contributed by atoms with Crippen LogP contribution in [0, 0.1) is 40.4 Å². The molecule has 5 nitrogen and oxygen atoms in total. The average Bonchev–Trinajstić information content (AvgIpc) is 3.34. The molecule has 1 aromatic rings. The van der Waals surface area contributed by atoms with E-state index < -0.39 is 0 Å². The van der Waals surface area contributed by atoms with Crippen LogP contribution in [-0.2, 0) is 17.8 Å². The van der Waals surface area contributed by atoms with Gasteiger partial charge >= 0.3 is 0 Å². The molecule has 33 heavy (non-hydrogen) atoms. The minimum absolute atomic E-state index is 0.512. The van der Waals surface area contributed by atoms with Crippen molar-refractivity contribution in [2.45, 2.75) is 91.5 Å². The minimum Gasteiger partial charge on any atom is -0.444 e. The van der Waals surface area contributed by atoms with E-state index in [4.69, 9.17) is 9.25 Å². The molecule has 1 heterocycles. The van der Waals surface area contributed by atoms with Gasteiger partial charge in [-0.1, -0.05) is 25.9 Å². The van der Waals surface area contributed by atoms with E-state index in [0.717, 1.165) is 67.0 Å². The predicted octanol–water partition coefficient (Wildman–Crippen LogP) is 6.33. The van der Waals surface area contributed by atoms with Gasteiger partial charge in [-0.2, -0.15) is 0 Å². The summed E-state index contributed by atoms with van der Waals surface area (Å²) in [6, 6.07) is 0. The molecule has 5 rings (SSSR count). The standard InChI is InChI=1S/C28H45N3O2/c1-19-6-9-24-23-8-7-20-16-21(10-13-28(20,3)25(23)11-14-27(19,24)2)30-32-15-12-22-17-29-26(33-22)18-31(4)5/h17,19-20,23-25H,6-16,18H2,1-5H3/t19-,20?,23?,24?,25?,27+,28-/m0/s1. The van der Waals surface area contributed by atoms with Gasteiger partial charge in [0.05, 0.1) is 18.5 Å². The lowest BCUT2D eigenvalue weighted by molar-refractivity contribution is -0.0994.